The molecule has 0 radical (unpaired) electrons. The van der Waals surface area contributed by atoms with Gasteiger partial charge in [0.25, 0.3) is 11.1 Å². The number of hydrogen-bond acceptors (Lipinski definition) is 15. The molecule has 2 fully saturated rings. The molecule has 90 heavy (non-hydrogen) atoms. The summed E-state index contributed by atoms with van der Waals surface area (Å²) in [6, 6.07) is 54.7. The molecule has 4 heterocycles. The van der Waals surface area contributed by atoms with Crippen molar-refractivity contribution in [3.63, 3.8) is 0 Å². The second-order valence-electron chi connectivity index (χ2n) is 21.0. The second-order valence-corrected chi connectivity index (χ2v) is 21.4. The van der Waals surface area contributed by atoms with Gasteiger partial charge in [-0.2, -0.15) is 0 Å². The Balaban J connectivity index is 0.000000215. The molecule has 0 unspecified atom stereocenters. The number of nitrogens with zero attached hydrogens (tertiary/aromatic N) is 6. The van der Waals surface area contributed by atoms with E-state index in [0.717, 1.165) is 24.2 Å². The standard InChI is InChI=1S/C35H38N4O5.C25H28N4O.C10H11ClO4.CH4/c1-42-30-22-28(23-31(43-2)33(30)44-3)34(40)37-29(21-25-11-10-16-36-24-25)35(41)39-19-17-38(18-20-39)32(26-12-6-4-7-13-26)27-14-8-5-9-15-27;26-23(18-20-8-7-13-27-19-20)25(30)29-16-14-28(15-17-29)24(21-9-3-1-4-10-21)22-11-5-2-6-12-22;1-13-7-4-6(10(11)12)5-8(14-2)9(7)15-3;/h4-16,22-24,29,32H,17-21H2,1-3H3,(H,37,40);1-13,19,23-24H,14-18,26H2;4-5H,1-3H3;1H4/t29-;23-;;/m00../s1. The minimum Gasteiger partial charge on any atom is -0.493 e. The molecule has 0 aliphatic carbocycles. The maximum atomic E-state index is 14.0. The van der Waals surface area contributed by atoms with Gasteiger partial charge in [0.15, 0.2) is 23.0 Å². The lowest BCUT2D eigenvalue weighted by Crippen LogP contribution is -2.56. The number of carbonyl (C=O) groups is 4. The number of hydrogen-bond donors (Lipinski definition) is 2. The fourth-order valence-corrected chi connectivity index (χ4v) is 11.2. The number of methoxy groups -OCH3 is 6. The summed E-state index contributed by atoms with van der Waals surface area (Å²) in [5.74, 6) is 1.81. The van der Waals surface area contributed by atoms with Crippen LogP contribution in [0.5, 0.6) is 34.5 Å². The predicted molar refractivity (Wildman–Crippen MR) is 350 cm³/mol. The Hall–Kier alpha value is -9.33. The first kappa shape index (κ1) is 68.2. The van der Waals surface area contributed by atoms with Gasteiger partial charge in [-0.1, -0.05) is 141 Å². The van der Waals surface area contributed by atoms with E-state index >= 15 is 0 Å². The first-order valence-electron chi connectivity index (χ1n) is 29.3. The van der Waals surface area contributed by atoms with Gasteiger partial charge in [0.1, 0.15) is 6.04 Å². The average Bonchev–Trinajstić information content (AvgIpc) is 1.71. The van der Waals surface area contributed by atoms with Gasteiger partial charge in [0.2, 0.25) is 23.3 Å². The molecule has 0 spiro atoms. The molecule has 2 aliphatic heterocycles. The summed E-state index contributed by atoms with van der Waals surface area (Å²) in [6.07, 6.45) is 7.72. The highest BCUT2D eigenvalue weighted by Gasteiger charge is 2.34. The van der Waals surface area contributed by atoms with E-state index in [1.54, 1.807) is 36.9 Å². The summed E-state index contributed by atoms with van der Waals surface area (Å²) in [5.41, 5.74) is 13.6. The molecule has 2 aromatic heterocycles. The normalized spacial score (nSPS) is 13.8. The number of carbonyl (C=O) groups excluding carboxylic acids is 4. The lowest BCUT2D eigenvalue weighted by molar-refractivity contribution is -0.135. The van der Waals surface area contributed by atoms with E-state index in [2.05, 4.69) is 122 Å². The number of ether oxygens (including phenoxy) is 6. The summed E-state index contributed by atoms with van der Waals surface area (Å²) in [4.78, 5) is 68.4. The molecule has 6 aromatic carbocycles. The van der Waals surface area contributed by atoms with Crippen LogP contribution in [0.4, 0.5) is 0 Å². The first-order chi connectivity index (χ1) is 43.4. The zero-order chi connectivity index (χ0) is 63.1. The van der Waals surface area contributed by atoms with Gasteiger partial charge in [-0.15, -0.1) is 0 Å². The summed E-state index contributed by atoms with van der Waals surface area (Å²) in [5, 5.41) is 2.41. The summed E-state index contributed by atoms with van der Waals surface area (Å²) >= 11 is 5.37. The number of nitrogens with one attached hydrogen (secondary N) is 1. The summed E-state index contributed by atoms with van der Waals surface area (Å²) < 4.78 is 31.5. The van der Waals surface area contributed by atoms with Crippen LogP contribution in [-0.4, -0.2) is 160 Å². The lowest BCUT2D eigenvalue weighted by atomic mass is 9.96. The molecule has 0 bridgehead atoms. The van der Waals surface area contributed by atoms with Crippen LogP contribution in [-0.2, 0) is 22.4 Å². The lowest BCUT2D eigenvalue weighted by Gasteiger charge is -2.40. The van der Waals surface area contributed by atoms with E-state index in [-0.39, 0.29) is 31.3 Å². The highest BCUT2D eigenvalue weighted by Crippen LogP contribution is 2.40. The van der Waals surface area contributed by atoms with Crippen molar-refractivity contribution in [1.82, 2.24) is 34.9 Å². The fourth-order valence-electron chi connectivity index (χ4n) is 11.1. The molecule has 18 nitrogen and oxygen atoms in total. The van der Waals surface area contributed by atoms with E-state index in [9.17, 15) is 19.2 Å². The number of halogens is 1. The van der Waals surface area contributed by atoms with Crippen LogP contribution in [0.25, 0.3) is 0 Å². The molecule has 10 rings (SSSR count). The van der Waals surface area contributed by atoms with Gasteiger partial charge >= 0.3 is 0 Å². The minimum atomic E-state index is -0.795. The number of rotatable bonds is 21. The highest BCUT2D eigenvalue weighted by atomic mass is 35.5. The average molecular weight is 1240 g/mol. The Morgan fingerprint density at radius 3 is 1.13 bits per heavy atom. The van der Waals surface area contributed by atoms with Crippen molar-refractivity contribution in [3.05, 3.63) is 239 Å². The van der Waals surface area contributed by atoms with Gasteiger partial charge in [-0.3, -0.25) is 38.9 Å². The van der Waals surface area contributed by atoms with Crippen molar-refractivity contribution in [2.45, 2.75) is 44.4 Å². The van der Waals surface area contributed by atoms with Crippen LogP contribution in [0.3, 0.4) is 0 Å². The predicted octanol–water partition coefficient (Wildman–Crippen LogP) is 9.99. The molecular formula is C71H81ClN8O10. The SMILES string of the molecule is C.COc1cc(C(=O)Cl)cc(OC)c1OC.COc1cc(C(=O)N[C@@H](Cc2cccnc2)C(=O)N2CCN(C(c3ccccc3)c3ccccc3)CC2)cc(OC)c1OC.N[C@@H](Cc1cccnc1)C(=O)N1CCN(C(c2ccccc2)c2ccccc2)CC1. The van der Waals surface area contributed by atoms with Gasteiger partial charge in [0.05, 0.1) is 60.8 Å². The van der Waals surface area contributed by atoms with Crippen molar-refractivity contribution in [2.24, 2.45) is 5.73 Å². The molecule has 3 amide bonds. The van der Waals surface area contributed by atoms with Crippen molar-refractivity contribution >= 4 is 34.6 Å². The molecule has 2 aliphatic rings. The largest absolute Gasteiger partial charge is 0.493 e. The minimum absolute atomic E-state index is 0. The summed E-state index contributed by atoms with van der Waals surface area (Å²) in [7, 11) is 8.92. The Morgan fingerprint density at radius 2 is 0.811 bits per heavy atom. The van der Waals surface area contributed by atoms with Crippen LogP contribution in [0, 0.1) is 0 Å². The Bertz CT molecular complexity index is 3380. The molecule has 2 saturated heterocycles. The van der Waals surface area contributed by atoms with Crippen molar-refractivity contribution in [3.8, 4) is 34.5 Å². The molecule has 8 aromatic rings. The van der Waals surface area contributed by atoms with Gasteiger partial charge in [-0.25, -0.2) is 0 Å². The number of pyridine rings is 2. The molecule has 3 N–H and O–H groups in total. The Kier molecular flexibility index (Phi) is 26.1. The van der Waals surface area contributed by atoms with E-state index in [1.807, 2.05) is 58.3 Å². The maximum Gasteiger partial charge on any atom is 0.252 e. The fraction of sp³-hybridized carbons (Fsp3) is 0.296. The quantitative estimate of drug-likeness (QED) is 0.0644. The highest BCUT2D eigenvalue weighted by molar-refractivity contribution is 6.67. The molecule has 0 saturated carbocycles. The van der Waals surface area contributed by atoms with Crippen molar-refractivity contribution in [1.29, 1.82) is 0 Å². The van der Waals surface area contributed by atoms with Crippen LogP contribution in [0.1, 0.15) is 73.6 Å². The number of piperazine rings is 2. The van der Waals surface area contributed by atoms with E-state index in [0.29, 0.717) is 97.7 Å². The number of aromatic nitrogens is 2. The second kappa shape index (κ2) is 34.4. The summed E-state index contributed by atoms with van der Waals surface area (Å²) in [6.45, 7) is 5.49. The monoisotopic (exact) mass is 1240 g/mol. The maximum absolute atomic E-state index is 14.0. The molecule has 472 valence electrons. The third kappa shape index (κ3) is 17.9. The zero-order valence-corrected chi connectivity index (χ0v) is 51.8. The zero-order valence-electron chi connectivity index (χ0n) is 51.1. The van der Waals surface area contributed by atoms with E-state index in [4.69, 9.17) is 45.8 Å². The number of nitrogens with two attached hydrogens (primary N) is 1. The van der Waals surface area contributed by atoms with Crippen molar-refractivity contribution < 1.29 is 47.6 Å². The third-order valence-corrected chi connectivity index (χ3v) is 15.7. The van der Waals surface area contributed by atoms with Gasteiger partial charge in [-0.05, 0) is 87.8 Å². The number of amides is 3. The molecule has 19 heteroatoms. The van der Waals surface area contributed by atoms with E-state index in [1.165, 1.54) is 77.0 Å². The van der Waals surface area contributed by atoms with Gasteiger partial charge in [0, 0.05) is 94.7 Å². The molecule has 2 atom stereocenters. The smallest absolute Gasteiger partial charge is 0.252 e. The van der Waals surface area contributed by atoms with Crippen LogP contribution < -0.4 is 39.5 Å². The van der Waals surface area contributed by atoms with E-state index < -0.39 is 23.2 Å². The number of benzene rings is 6. The van der Waals surface area contributed by atoms with Crippen molar-refractivity contribution in [2.75, 3.05) is 95.0 Å². The van der Waals surface area contributed by atoms with Crippen LogP contribution in [0.2, 0.25) is 0 Å². The molecular weight excluding hydrogens is 1160 g/mol. The van der Waals surface area contributed by atoms with Gasteiger partial charge < -0.3 is 49.3 Å². The first-order valence-corrected chi connectivity index (χ1v) is 29.7. The Labute approximate surface area is 533 Å². The Morgan fingerprint density at radius 1 is 0.467 bits per heavy atom. The van der Waals surface area contributed by atoms with Crippen LogP contribution in [0.15, 0.2) is 195 Å². The third-order valence-electron chi connectivity index (χ3n) is 15.5. The van der Waals surface area contributed by atoms with Crippen LogP contribution >= 0.6 is 11.6 Å². The topological polar surface area (TPSA) is 200 Å².